The Hall–Kier alpha value is -0.170. The number of hydrogen-bond acceptors (Lipinski definition) is 4. The Labute approximate surface area is 122 Å². The van der Waals surface area contributed by atoms with Crippen molar-refractivity contribution in [3.63, 3.8) is 0 Å². The van der Waals surface area contributed by atoms with Gasteiger partial charge in [0.2, 0.25) is 10.0 Å². The number of rotatable bonds is 3. The van der Waals surface area contributed by atoms with E-state index < -0.39 is 10.0 Å². The van der Waals surface area contributed by atoms with Crippen molar-refractivity contribution in [1.29, 1.82) is 0 Å². The fourth-order valence-electron chi connectivity index (χ4n) is 3.89. The van der Waals surface area contributed by atoms with Crippen molar-refractivity contribution in [3.8, 4) is 0 Å². The summed E-state index contributed by atoms with van der Waals surface area (Å²) >= 11 is 0. The fraction of sp³-hybridized carbons (Fsp3) is 1.00. The van der Waals surface area contributed by atoms with Crippen LogP contribution in [0.4, 0.5) is 0 Å². The highest BCUT2D eigenvalue weighted by Crippen LogP contribution is 2.24. The van der Waals surface area contributed by atoms with Gasteiger partial charge in [-0.3, -0.25) is 4.90 Å². The van der Waals surface area contributed by atoms with E-state index in [2.05, 4.69) is 10.2 Å². The molecule has 0 amide bonds. The van der Waals surface area contributed by atoms with Gasteiger partial charge in [0.05, 0.1) is 5.75 Å². The Kier molecular flexibility index (Phi) is 4.65. The summed E-state index contributed by atoms with van der Waals surface area (Å²) in [5.74, 6) is 0.642. The molecule has 6 heteroatoms. The second-order valence-corrected chi connectivity index (χ2v) is 8.55. The molecule has 0 bridgehead atoms. The predicted molar refractivity (Wildman–Crippen MR) is 80.2 cm³/mol. The number of piperidine rings is 1. The molecule has 2 unspecified atom stereocenters. The van der Waals surface area contributed by atoms with Crippen LogP contribution in [0, 0.1) is 5.92 Å². The molecule has 0 saturated carbocycles. The van der Waals surface area contributed by atoms with Gasteiger partial charge in [-0.1, -0.05) is 0 Å². The van der Waals surface area contributed by atoms with E-state index in [-0.39, 0.29) is 0 Å². The molecule has 0 radical (unpaired) electrons. The van der Waals surface area contributed by atoms with Crippen LogP contribution in [-0.2, 0) is 10.0 Å². The molecule has 3 heterocycles. The zero-order valence-electron chi connectivity index (χ0n) is 12.3. The van der Waals surface area contributed by atoms with E-state index >= 15 is 0 Å². The van der Waals surface area contributed by atoms with Crippen LogP contribution >= 0.6 is 0 Å². The van der Waals surface area contributed by atoms with Crippen LogP contribution in [0.25, 0.3) is 0 Å². The van der Waals surface area contributed by atoms with E-state index in [0.29, 0.717) is 17.7 Å². The summed E-state index contributed by atoms with van der Waals surface area (Å²) in [5, 5.41) is 3.32. The minimum atomic E-state index is -3.08. The molecule has 3 aliphatic rings. The average molecular weight is 301 g/mol. The molecule has 0 aromatic carbocycles. The van der Waals surface area contributed by atoms with Crippen molar-refractivity contribution in [1.82, 2.24) is 14.5 Å². The van der Waals surface area contributed by atoms with Crippen LogP contribution in [0.3, 0.4) is 0 Å². The first-order chi connectivity index (χ1) is 9.65. The van der Waals surface area contributed by atoms with Crippen molar-refractivity contribution < 1.29 is 8.42 Å². The molecular formula is C14H27N3O2S. The van der Waals surface area contributed by atoms with Crippen molar-refractivity contribution in [2.24, 2.45) is 5.92 Å². The van der Waals surface area contributed by atoms with Gasteiger partial charge in [-0.25, -0.2) is 12.7 Å². The van der Waals surface area contributed by atoms with E-state index in [1.54, 1.807) is 4.31 Å². The lowest BCUT2D eigenvalue weighted by Gasteiger charge is -2.28. The zero-order chi connectivity index (χ0) is 14.0. The van der Waals surface area contributed by atoms with Crippen LogP contribution in [0.15, 0.2) is 0 Å². The van der Waals surface area contributed by atoms with Gasteiger partial charge in [-0.15, -0.1) is 0 Å². The highest BCUT2D eigenvalue weighted by Gasteiger charge is 2.34. The van der Waals surface area contributed by atoms with E-state index in [9.17, 15) is 8.42 Å². The molecule has 116 valence electrons. The second-order valence-electron chi connectivity index (χ2n) is 6.53. The highest BCUT2D eigenvalue weighted by molar-refractivity contribution is 7.89. The van der Waals surface area contributed by atoms with Crippen LogP contribution in [0.1, 0.15) is 32.1 Å². The molecule has 3 aliphatic heterocycles. The Morgan fingerprint density at radius 1 is 1.05 bits per heavy atom. The van der Waals surface area contributed by atoms with Crippen molar-refractivity contribution in [2.45, 2.75) is 38.1 Å². The molecule has 20 heavy (non-hydrogen) atoms. The highest BCUT2D eigenvalue weighted by atomic mass is 32.2. The third kappa shape index (κ3) is 3.35. The average Bonchev–Trinajstić information content (AvgIpc) is 2.76. The molecule has 1 N–H and O–H groups in total. The van der Waals surface area contributed by atoms with Gasteiger partial charge in [-0.05, 0) is 64.2 Å². The van der Waals surface area contributed by atoms with Crippen LogP contribution in [0.2, 0.25) is 0 Å². The number of sulfonamides is 1. The van der Waals surface area contributed by atoms with Gasteiger partial charge < -0.3 is 5.32 Å². The first-order valence-corrected chi connectivity index (χ1v) is 9.69. The quantitative estimate of drug-likeness (QED) is 0.824. The Morgan fingerprint density at radius 3 is 2.70 bits per heavy atom. The van der Waals surface area contributed by atoms with Gasteiger partial charge in [0.15, 0.2) is 0 Å². The van der Waals surface area contributed by atoms with E-state index in [4.69, 9.17) is 0 Å². The number of nitrogens with zero attached hydrogens (tertiary/aromatic N) is 2. The lowest BCUT2D eigenvalue weighted by atomic mass is 10.0. The van der Waals surface area contributed by atoms with Gasteiger partial charge in [0.25, 0.3) is 0 Å². The smallest absolute Gasteiger partial charge is 0.214 e. The molecule has 0 spiro atoms. The van der Waals surface area contributed by atoms with E-state index in [1.165, 1.54) is 6.42 Å². The first kappa shape index (κ1) is 14.8. The molecule has 3 saturated heterocycles. The summed E-state index contributed by atoms with van der Waals surface area (Å²) < 4.78 is 27.1. The van der Waals surface area contributed by atoms with Crippen LogP contribution in [0.5, 0.6) is 0 Å². The van der Waals surface area contributed by atoms with Crippen LogP contribution < -0.4 is 5.32 Å². The Balaban J connectivity index is 1.63. The topological polar surface area (TPSA) is 52.7 Å². The SMILES string of the molecule is O=S(=O)(CC1CCCNC1)N1CCCN2CCCC2C1. The molecule has 3 rings (SSSR count). The standard InChI is InChI=1S/C14H27N3O2S/c18-20(19,12-13-4-1-6-15-10-13)17-9-3-8-16-7-2-5-14(16)11-17/h13-15H,1-12H2. The minimum Gasteiger partial charge on any atom is -0.316 e. The Morgan fingerprint density at radius 2 is 1.90 bits per heavy atom. The summed E-state index contributed by atoms with van der Waals surface area (Å²) in [7, 11) is -3.08. The second kappa shape index (κ2) is 6.30. The lowest BCUT2D eigenvalue weighted by molar-refractivity contribution is 0.257. The van der Waals surface area contributed by atoms with Gasteiger partial charge in [0.1, 0.15) is 0 Å². The van der Waals surface area contributed by atoms with Gasteiger partial charge >= 0.3 is 0 Å². The first-order valence-electron chi connectivity index (χ1n) is 8.08. The van der Waals surface area contributed by atoms with Crippen molar-refractivity contribution in [3.05, 3.63) is 0 Å². The summed E-state index contributed by atoms with van der Waals surface area (Å²) in [4.78, 5) is 2.48. The molecule has 3 fully saturated rings. The maximum absolute atomic E-state index is 12.7. The largest absolute Gasteiger partial charge is 0.316 e. The van der Waals surface area contributed by atoms with Crippen molar-refractivity contribution in [2.75, 3.05) is 45.0 Å². The van der Waals surface area contributed by atoms with Crippen LogP contribution in [-0.4, -0.2) is 68.7 Å². The third-order valence-corrected chi connectivity index (χ3v) is 7.02. The number of fused-ring (bicyclic) bond motifs is 1. The summed E-state index contributed by atoms with van der Waals surface area (Å²) in [6.07, 6.45) is 5.53. The lowest BCUT2D eigenvalue weighted by Crippen LogP contribution is -2.43. The molecule has 0 aromatic rings. The fourth-order valence-corrected chi connectivity index (χ4v) is 5.79. The molecule has 0 aliphatic carbocycles. The molecular weight excluding hydrogens is 274 g/mol. The van der Waals surface area contributed by atoms with E-state index in [1.807, 2.05) is 0 Å². The number of nitrogens with one attached hydrogen (secondary N) is 1. The summed E-state index contributed by atoms with van der Waals surface area (Å²) in [6, 6.07) is 0.469. The van der Waals surface area contributed by atoms with Crippen molar-refractivity contribution >= 4 is 10.0 Å². The maximum atomic E-state index is 12.7. The monoisotopic (exact) mass is 301 g/mol. The van der Waals surface area contributed by atoms with Gasteiger partial charge in [-0.2, -0.15) is 0 Å². The predicted octanol–water partition coefficient (Wildman–Crippen LogP) is 0.486. The molecule has 2 atom stereocenters. The Bertz CT molecular complexity index is 420. The summed E-state index contributed by atoms with van der Waals surface area (Å²) in [5.41, 5.74) is 0. The normalized spacial score (nSPS) is 33.8. The third-order valence-electron chi connectivity index (χ3n) is 5.00. The van der Waals surface area contributed by atoms with Gasteiger partial charge in [0, 0.05) is 19.1 Å². The minimum absolute atomic E-state index is 0.302. The van der Waals surface area contributed by atoms with E-state index in [0.717, 1.165) is 65.0 Å². The molecule has 0 aromatic heterocycles. The number of hydrogen-bond donors (Lipinski definition) is 1. The summed E-state index contributed by atoms with van der Waals surface area (Å²) in [6.45, 7) is 5.57. The maximum Gasteiger partial charge on any atom is 0.214 e. The molecule has 5 nitrogen and oxygen atoms in total. The zero-order valence-corrected chi connectivity index (χ0v) is 13.1.